The molecule has 2 aromatic rings. The summed E-state index contributed by atoms with van der Waals surface area (Å²) in [6.07, 6.45) is 0. The van der Waals surface area contributed by atoms with Gasteiger partial charge in [0.05, 0.1) is 4.92 Å². The van der Waals surface area contributed by atoms with E-state index in [0.29, 0.717) is 5.69 Å². The predicted octanol–water partition coefficient (Wildman–Crippen LogP) is 0.868. The molecule has 25 heavy (non-hydrogen) atoms. The third kappa shape index (κ3) is 3.56. The number of nitrogens with two attached hydrogens (primary N) is 1. The number of amides is 1. The van der Waals surface area contributed by atoms with Crippen molar-refractivity contribution in [3.05, 3.63) is 62.1 Å². The molecule has 0 aliphatic carbocycles. The minimum atomic E-state index is -0.588. The summed E-state index contributed by atoms with van der Waals surface area (Å²) in [5.74, 6) is -0.588. The number of benzene rings is 1. The lowest BCUT2D eigenvalue weighted by Crippen LogP contribution is -2.42. The van der Waals surface area contributed by atoms with Gasteiger partial charge in [0.15, 0.2) is 5.69 Å². The van der Waals surface area contributed by atoms with Gasteiger partial charge >= 0.3 is 0 Å². The first-order valence-electron chi connectivity index (χ1n) is 7.60. The Kier molecular flexibility index (Phi) is 5.28. The number of carbonyl (C=O) groups is 1. The topological polar surface area (TPSA) is 124 Å². The van der Waals surface area contributed by atoms with Gasteiger partial charge in [-0.1, -0.05) is 12.1 Å². The molecule has 1 unspecified atom stereocenters. The van der Waals surface area contributed by atoms with E-state index in [2.05, 4.69) is 5.10 Å². The SMILES string of the molecule is Cc1cc(=O)c(C(=O)N(C)C(C)CN)nn1-c1ccccc1[N+](=O)[O-]. The van der Waals surface area contributed by atoms with E-state index in [9.17, 15) is 19.7 Å². The highest BCUT2D eigenvalue weighted by atomic mass is 16.6. The normalized spacial score (nSPS) is 11.8. The molecule has 0 saturated heterocycles. The van der Waals surface area contributed by atoms with Crippen LogP contribution in [0, 0.1) is 17.0 Å². The van der Waals surface area contributed by atoms with E-state index >= 15 is 0 Å². The molecule has 1 aromatic carbocycles. The van der Waals surface area contributed by atoms with Gasteiger partial charge < -0.3 is 10.6 Å². The van der Waals surface area contributed by atoms with E-state index in [0.717, 1.165) is 0 Å². The lowest BCUT2D eigenvalue weighted by molar-refractivity contribution is -0.384. The number of nitro benzene ring substituents is 1. The molecule has 1 amide bonds. The first kappa shape index (κ1) is 18.3. The lowest BCUT2D eigenvalue weighted by Gasteiger charge is -2.23. The summed E-state index contributed by atoms with van der Waals surface area (Å²) >= 11 is 0. The second kappa shape index (κ2) is 7.22. The highest BCUT2D eigenvalue weighted by molar-refractivity contribution is 5.92. The minimum Gasteiger partial charge on any atom is -0.336 e. The summed E-state index contributed by atoms with van der Waals surface area (Å²) in [7, 11) is 1.52. The van der Waals surface area contributed by atoms with Gasteiger partial charge in [-0.05, 0) is 19.9 Å². The summed E-state index contributed by atoms with van der Waals surface area (Å²) < 4.78 is 1.23. The Bertz CT molecular complexity index is 877. The van der Waals surface area contributed by atoms with E-state index in [1.165, 1.54) is 40.9 Å². The summed E-state index contributed by atoms with van der Waals surface area (Å²) in [5.41, 5.74) is 5.07. The van der Waals surface area contributed by atoms with Crippen molar-refractivity contribution < 1.29 is 9.72 Å². The first-order chi connectivity index (χ1) is 11.8. The van der Waals surface area contributed by atoms with E-state index in [1.807, 2.05) is 0 Å². The molecule has 0 radical (unpaired) electrons. The van der Waals surface area contributed by atoms with Gasteiger partial charge in [-0.15, -0.1) is 0 Å². The maximum Gasteiger partial charge on any atom is 0.294 e. The van der Waals surface area contributed by atoms with Crippen LogP contribution in [0.25, 0.3) is 5.69 Å². The fourth-order valence-corrected chi connectivity index (χ4v) is 2.26. The van der Waals surface area contributed by atoms with Crippen LogP contribution in [0.4, 0.5) is 5.69 Å². The van der Waals surface area contributed by atoms with Gasteiger partial charge in [-0.2, -0.15) is 5.10 Å². The maximum atomic E-state index is 12.5. The molecule has 0 aliphatic rings. The largest absolute Gasteiger partial charge is 0.336 e. The van der Waals surface area contributed by atoms with Crippen molar-refractivity contribution in [2.75, 3.05) is 13.6 Å². The van der Waals surface area contributed by atoms with Crippen LogP contribution in [0.1, 0.15) is 23.1 Å². The predicted molar refractivity (Wildman–Crippen MR) is 91.8 cm³/mol. The summed E-state index contributed by atoms with van der Waals surface area (Å²) in [4.78, 5) is 36.8. The van der Waals surface area contributed by atoms with Crippen molar-refractivity contribution in [2.45, 2.75) is 19.9 Å². The van der Waals surface area contributed by atoms with Crippen molar-refractivity contribution in [2.24, 2.45) is 5.73 Å². The fraction of sp³-hybridized carbons (Fsp3) is 0.312. The second-order valence-corrected chi connectivity index (χ2v) is 5.66. The smallest absolute Gasteiger partial charge is 0.294 e. The van der Waals surface area contributed by atoms with Gasteiger partial charge in [-0.3, -0.25) is 19.7 Å². The van der Waals surface area contributed by atoms with Crippen LogP contribution in [0.3, 0.4) is 0 Å². The number of rotatable bonds is 5. The Balaban J connectivity index is 2.62. The monoisotopic (exact) mass is 345 g/mol. The standard InChI is InChI=1S/C16H19N5O4/c1-10-8-14(22)15(16(23)19(3)11(2)9-17)18-20(10)12-6-4-5-7-13(12)21(24)25/h4-8,11H,9,17H2,1-3H3. The van der Waals surface area contributed by atoms with Crippen LogP contribution in [0.5, 0.6) is 0 Å². The number of hydrogen-bond donors (Lipinski definition) is 1. The van der Waals surface area contributed by atoms with Crippen LogP contribution < -0.4 is 11.2 Å². The van der Waals surface area contributed by atoms with Crippen molar-refractivity contribution >= 4 is 11.6 Å². The van der Waals surface area contributed by atoms with Crippen molar-refractivity contribution in [1.82, 2.24) is 14.7 Å². The van der Waals surface area contributed by atoms with Crippen LogP contribution in [0.2, 0.25) is 0 Å². The third-order valence-corrected chi connectivity index (χ3v) is 3.94. The highest BCUT2D eigenvalue weighted by Gasteiger charge is 2.23. The van der Waals surface area contributed by atoms with E-state index in [1.54, 1.807) is 19.9 Å². The molecule has 0 fully saturated rings. The average molecular weight is 345 g/mol. The second-order valence-electron chi connectivity index (χ2n) is 5.66. The molecule has 132 valence electrons. The summed E-state index contributed by atoms with van der Waals surface area (Å²) in [6.45, 7) is 3.56. The average Bonchev–Trinajstić information content (AvgIpc) is 2.60. The number of nitrogens with zero attached hydrogens (tertiary/aromatic N) is 4. The van der Waals surface area contributed by atoms with Gasteiger partial charge in [0.1, 0.15) is 5.69 Å². The van der Waals surface area contributed by atoms with E-state index < -0.39 is 16.3 Å². The Labute approximate surface area is 143 Å². The number of hydrogen-bond acceptors (Lipinski definition) is 6. The summed E-state index contributed by atoms with van der Waals surface area (Å²) in [6, 6.07) is 6.93. The van der Waals surface area contributed by atoms with E-state index in [-0.39, 0.29) is 29.7 Å². The maximum absolute atomic E-state index is 12.5. The molecular formula is C16H19N5O4. The number of carbonyl (C=O) groups excluding carboxylic acids is 1. The number of nitro groups is 1. The molecule has 0 spiro atoms. The first-order valence-corrected chi connectivity index (χ1v) is 7.60. The van der Waals surface area contributed by atoms with Crippen LogP contribution >= 0.6 is 0 Å². The molecule has 2 rings (SSSR count). The Morgan fingerprint density at radius 3 is 2.68 bits per heavy atom. The molecule has 0 aliphatic heterocycles. The zero-order valence-electron chi connectivity index (χ0n) is 14.2. The molecule has 0 bridgehead atoms. The fourth-order valence-electron chi connectivity index (χ4n) is 2.26. The lowest BCUT2D eigenvalue weighted by atomic mass is 10.2. The molecule has 1 aromatic heterocycles. The Hall–Kier alpha value is -3.07. The Morgan fingerprint density at radius 2 is 2.08 bits per heavy atom. The molecule has 1 atom stereocenters. The quantitative estimate of drug-likeness (QED) is 0.633. The van der Waals surface area contributed by atoms with Crippen LogP contribution in [-0.4, -0.2) is 45.1 Å². The van der Waals surface area contributed by atoms with Gasteiger partial charge in [0, 0.05) is 37.5 Å². The van der Waals surface area contributed by atoms with Gasteiger partial charge in [0.2, 0.25) is 5.43 Å². The summed E-state index contributed by atoms with van der Waals surface area (Å²) in [5, 5.41) is 15.3. The number of likely N-dealkylation sites (N-methyl/N-ethyl adjacent to an activating group) is 1. The number of para-hydroxylation sites is 2. The van der Waals surface area contributed by atoms with Crippen LogP contribution in [-0.2, 0) is 0 Å². The van der Waals surface area contributed by atoms with Crippen molar-refractivity contribution in [3.8, 4) is 5.69 Å². The number of aromatic nitrogens is 2. The Morgan fingerprint density at radius 1 is 1.44 bits per heavy atom. The molecule has 0 saturated carbocycles. The highest BCUT2D eigenvalue weighted by Crippen LogP contribution is 2.22. The van der Waals surface area contributed by atoms with Gasteiger partial charge in [0.25, 0.3) is 11.6 Å². The van der Waals surface area contributed by atoms with Gasteiger partial charge in [-0.25, -0.2) is 4.68 Å². The molecule has 9 heteroatoms. The zero-order valence-corrected chi connectivity index (χ0v) is 14.2. The molecular weight excluding hydrogens is 326 g/mol. The minimum absolute atomic E-state index is 0.175. The van der Waals surface area contributed by atoms with Crippen LogP contribution in [0.15, 0.2) is 35.1 Å². The third-order valence-electron chi connectivity index (χ3n) is 3.94. The molecule has 2 N–H and O–H groups in total. The van der Waals surface area contributed by atoms with Crippen molar-refractivity contribution in [1.29, 1.82) is 0 Å². The number of aryl methyl sites for hydroxylation is 1. The molecule has 1 heterocycles. The van der Waals surface area contributed by atoms with E-state index in [4.69, 9.17) is 5.73 Å². The zero-order chi connectivity index (χ0) is 18.7. The molecule has 9 nitrogen and oxygen atoms in total. The van der Waals surface area contributed by atoms with Crippen molar-refractivity contribution in [3.63, 3.8) is 0 Å².